The lowest BCUT2D eigenvalue weighted by Gasteiger charge is -2.14. The highest BCUT2D eigenvalue weighted by Gasteiger charge is 2.25. The number of rotatable bonds is 7. The summed E-state index contributed by atoms with van der Waals surface area (Å²) in [5.41, 5.74) is 0.763. The fourth-order valence-electron chi connectivity index (χ4n) is 1.19. The average molecular weight is 291 g/mol. The molecular weight excluding hydrogens is 275 g/mol. The molecule has 0 radical (unpaired) electrons. The van der Waals surface area contributed by atoms with E-state index in [0.29, 0.717) is 5.03 Å². The van der Waals surface area contributed by atoms with E-state index in [0.717, 1.165) is 5.56 Å². The number of hydrogen-bond donors (Lipinski definition) is 0. The normalized spacial score (nSPS) is 12.5. The number of phosphoric acid groups is 1. The highest BCUT2D eigenvalue weighted by atomic mass is 35.5. The quantitative estimate of drug-likeness (QED) is 0.551. The zero-order chi connectivity index (χ0) is 13.4. The van der Waals surface area contributed by atoms with Gasteiger partial charge in [0.2, 0.25) is 0 Å². The summed E-state index contributed by atoms with van der Waals surface area (Å²) in [4.78, 5) is 0. The van der Waals surface area contributed by atoms with Gasteiger partial charge in [0.25, 0.3) is 0 Å². The molecule has 0 bridgehead atoms. The molecule has 0 saturated heterocycles. The first kappa shape index (κ1) is 15.3. The Morgan fingerprint density at radius 2 is 1.78 bits per heavy atom. The maximum Gasteiger partial charge on any atom is 0.529 e. The first-order valence-electron chi connectivity index (χ1n) is 5.60. The number of benzene rings is 1. The Hall–Kier alpha value is -0.800. The van der Waals surface area contributed by atoms with Crippen molar-refractivity contribution in [3.05, 3.63) is 42.2 Å². The second-order valence-corrected chi connectivity index (χ2v) is 5.25. The van der Waals surface area contributed by atoms with Crippen molar-refractivity contribution in [1.29, 1.82) is 0 Å². The Kier molecular flexibility index (Phi) is 6.44. The van der Waals surface area contributed by atoms with Crippen LogP contribution in [0.4, 0.5) is 0 Å². The van der Waals surface area contributed by atoms with Gasteiger partial charge < -0.3 is 4.52 Å². The number of phosphoric ester groups is 1. The van der Waals surface area contributed by atoms with E-state index in [1.165, 1.54) is 6.26 Å². The van der Waals surface area contributed by atoms with Crippen molar-refractivity contribution in [2.75, 3.05) is 13.2 Å². The molecule has 0 aromatic heterocycles. The molecule has 0 aliphatic heterocycles. The van der Waals surface area contributed by atoms with Gasteiger partial charge in [0.05, 0.1) is 18.2 Å². The minimum atomic E-state index is -3.55. The highest BCUT2D eigenvalue weighted by molar-refractivity contribution is 7.48. The molecule has 1 aromatic rings. The molecule has 0 unspecified atom stereocenters. The van der Waals surface area contributed by atoms with E-state index in [-0.39, 0.29) is 13.2 Å². The van der Waals surface area contributed by atoms with Crippen LogP contribution in [0.15, 0.2) is 36.6 Å². The molecule has 0 atom stereocenters. The maximum absolute atomic E-state index is 12.0. The van der Waals surface area contributed by atoms with Crippen LogP contribution in [0.25, 0.3) is 5.03 Å². The molecule has 0 amide bonds. The van der Waals surface area contributed by atoms with Gasteiger partial charge >= 0.3 is 7.82 Å². The molecule has 0 N–H and O–H groups in total. The zero-order valence-electron chi connectivity index (χ0n) is 10.3. The van der Waals surface area contributed by atoms with Gasteiger partial charge in [-0.2, -0.15) is 0 Å². The van der Waals surface area contributed by atoms with E-state index < -0.39 is 7.82 Å². The van der Waals surface area contributed by atoms with Crippen molar-refractivity contribution < 1.29 is 18.1 Å². The Balaban J connectivity index is 2.74. The molecule has 18 heavy (non-hydrogen) atoms. The number of hydrogen-bond acceptors (Lipinski definition) is 4. The second-order valence-electron chi connectivity index (χ2n) is 3.22. The Bertz CT molecular complexity index is 423. The van der Waals surface area contributed by atoms with Crippen LogP contribution in [-0.2, 0) is 18.1 Å². The lowest BCUT2D eigenvalue weighted by molar-refractivity contribution is 0.154. The summed E-state index contributed by atoms with van der Waals surface area (Å²) >= 11 is 6.02. The lowest BCUT2D eigenvalue weighted by atomic mass is 10.2. The van der Waals surface area contributed by atoms with Crippen LogP contribution in [0.1, 0.15) is 19.4 Å². The van der Waals surface area contributed by atoms with Crippen LogP contribution >= 0.6 is 19.4 Å². The third-order valence-electron chi connectivity index (χ3n) is 1.91. The van der Waals surface area contributed by atoms with Crippen molar-refractivity contribution in [1.82, 2.24) is 0 Å². The van der Waals surface area contributed by atoms with Crippen LogP contribution in [-0.4, -0.2) is 13.2 Å². The topological polar surface area (TPSA) is 44.8 Å². The van der Waals surface area contributed by atoms with Gasteiger partial charge in [-0.25, -0.2) is 4.57 Å². The molecule has 4 nitrogen and oxygen atoms in total. The average Bonchev–Trinajstić information content (AvgIpc) is 2.38. The molecule has 0 spiro atoms. The summed E-state index contributed by atoms with van der Waals surface area (Å²) in [6.45, 7) is 3.87. The summed E-state index contributed by atoms with van der Waals surface area (Å²) < 4.78 is 27.0. The molecule has 100 valence electrons. The zero-order valence-corrected chi connectivity index (χ0v) is 12.0. The summed E-state index contributed by atoms with van der Waals surface area (Å²) in [7, 11) is -3.55. The molecule has 1 rings (SSSR count). The molecule has 0 aliphatic carbocycles. The van der Waals surface area contributed by atoms with E-state index >= 15 is 0 Å². The first-order valence-corrected chi connectivity index (χ1v) is 7.43. The first-order chi connectivity index (χ1) is 8.61. The third-order valence-corrected chi connectivity index (χ3v) is 3.73. The van der Waals surface area contributed by atoms with Crippen molar-refractivity contribution >= 4 is 24.5 Å². The summed E-state index contributed by atoms with van der Waals surface area (Å²) in [6.07, 6.45) is 1.18. The van der Waals surface area contributed by atoms with Crippen molar-refractivity contribution in [2.24, 2.45) is 0 Å². The van der Waals surface area contributed by atoms with E-state index in [4.69, 9.17) is 25.2 Å². The number of halogens is 1. The van der Waals surface area contributed by atoms with Crippen LogP contribution in [0, 0.1) is 0 Å². The summed E-state index contributed by atoms with van der Waals surface area (Å²) in [6, 6.07) is 9.19. The standard InChI is InChI=1S/C12H16ClO4P/c1-3-15-18(14,16-4-2)17-10-12(13)11-8-6-5-7-9-11/h5-10H,3-4H2,1-2H3. The minimum absolute atomic E-state index is 0.230. The van der Waals surface area contributed by atoms with Gasteiger partial charge in [0.15, 0.2) is 0 Å². The van der Waals surface area contributed by atoms with Crippen molar-refractivity contribution in [3.8, 4) is 0 Å². The smallest absolute Gasteiger partial charge is 0.410 e. The van der Waals surface area contributed by atoms with Crippen molar-refractivity contribution in [2.45, 2.75) is 13.8 Å². The van der Waals surface area contributed by atoms with Gasteiger partial charge in [0, 0.05) is 0 Å². The van der Waals surface area contributed by atoms with Gasteiger partial charge in [-0.05, 0) is 19.4 Å². The van der Waals surface area contributed by atoms with Crippen LogP contribution in [0.3, 0.4) is 0 Å². The molecular formula is C12H16ClO4P. The molecule has 0 fully saturated rings. The van der Waals surface area contributed by atoms with Gasteiger partial charge in [0.1, 0.15) is 6.26 Å². The summed E-state index contributed by atoms with van der Waals surface area (Å²) in [5.74, 6) is 0. The third kappa shape index (κ3) is 4.83. The second kappa shape index (κ2) is 7.59. The lowest BCUT2D eigenvalue weighted by Crippen LogP contribution is -1.96. The molecule has 0 aliphatic rings. The van der Waals surface area contributed by atoms with Gasteiger partial charge in [-0.15, -0.1) is 0 Å². The highest BCUT2D eigenvalue weighted by Crippen LogP contribution is 2.50. The van der Waals surface area contributed by atoms with Crippen molar-refractivity contribution in [3.63, 3.8) is 0 Å². The van der Waals surface area contributed by atoms with Crippen LogP contribution in [0.2, 0.25) is 0 Å². The maximum atomic E-state index is 12.0. The minimum Gasteiger partial charge on any atom is -0.410 e. The van der Waals surface area contributed by atoms with Crippen LogP contribution in [0.5, 0.6) is 0 Å². The predicted molar refractivity (Wildman–Crippen MR) is 72.2 cm³/mol. The van der Waals surface area contributed by atoms with Gasteiger partial charge in [-0.3, -0.25) is 9.05 Å². The fourth-order valence-corrected chi connectivity index (χ4v) is 2.49. The van der Waals surface area contributed by atoms with E-state index in [1.807, 2.05) is 30.3 Å². The fraction of sp³-hybridized carbons (Fsp3) is 0.333. The van der Waals surface area contributed by atoms with Crippen LogP contribution < -0.4 is 0 Å². The Labute approximate surface area is 112 Å². The van der Waals surface area contributed by atoms with E-state index in [2.05, 4.69) is 0 Å². The SMILES string of the molecule is CCOP(=O)(OC=C(Cl)c1ccccc1)OCC. The summed E-state index contributed by atoms with van der Waals surface area (Å²) in [5, 5.41) is 0.329. The Morgan fingerprint density at radius 3 is 2.28 bits per heavy atom. The monoisotopic (exact) mass is 290 g/mol. The molecule has 0 heterocycles. The van der Waals surface area contributed by atoms with Gasteiger partial charge in [-0.1, -0.05) is 41.9 Å². The molecule has 0 saturated carbocycles. The predicted octanol–water partition coefficient (Wildman–Crippen LogP) is 4.42. The molecule has 6 heteroatoms. The van der Waals surface area contributed by atoms with E-state index in [9.17, 15) is 4.57 Å². The largest absolute Gasteiger partial charge is 0.529 e. The molecule has 1 aromatic carbocycles. The Morgan fingerprint density at radius 1 is 1.22 bits per heavy atom. The van der Waals surface area contributed by atoms with E-state index in [1.54, 1.807) is 13.8 Å².